The summed E-state index contributed by atoms with van der Waals surface area (Å²) in [5, 5.41) is 30.1. The van der Waals surface area contributed by atoms with Crippen molar-refractivity contribution in [1.82, 2.24) is 31.1 Å². The molecule has 2 aliphatic heterocycles. The Morgan fingerprint density at radius 3 is 1.85 bits per heavy atom. The number of amides is 6. The number of hydrogen-bond acceptors (Lipinski definition) is 9. The van der Waals surface area contributed by atoms with Crippen LogP contribution in [0, 0.1) is 11.8 Å². The van der Waals surface area contributed by atoms with Gasteiger partial charge in [-0.25, -0.2) is 4.79 Å². The summed E-state index contributed by atoms with van der Waals surface area (Å²) in [6, 6.07) is 2.64. The minimum Gasteiger partial charge on any atom is -0.480 e. The van der Waals surface area contributed by atoms with Gasteiger partial charge in [0.05, 0.1) is 12.6 Å². The Bertz CT molecular complexity index is 1450. The molecule has 53 heavy (non-hydrogen) atoms. The molecule has 16 heteroatoms. The Kier molecular flexibility index (Phi) is 16.2. The minimum atomic E-state index is -1.19. The van der Waals surface area contributed by atoms with Gasteiger partial charge in [-0.3, -0.25) is 28.8 Å². The van der Waals surface area contributed by atoms with Gasteiger partial charge in [-0.05, 0) is 62.8 Å². The molecule has 2 heterocycles. The number of carboxylic acid groups (broad SMARTS) is 1. The molecule has 0 aliphatic carbocycles. The van der Waals surface area contributed by atoms with Gasteiger partial charge in [0.1, 0.15) is 36.3 Å². The molecule has 2 saturated heterocycles. The molecule has 0 saturated carbocycles. The Balaban J connectivity index is 1.69. The number of aliphatic hydroxyl groups is 1. The van der Waals surface area contributed by atoms with Crippen molar-refractivity contribution in [2.24, 2.45) is 17.6 Å². The van der Waals surface area contributed by atoms with E-state index in [-0.39, 0.29) is 37.6 Å². The Morgan fingerprint density at radius 1 is 0.755 bits per heavy atom. The van der Waals surface area contributed by atoms with Crippen LogP contribution < -0.4 is 27.0 Å². The number of hydrogen-bond donors (Lipinski definition) is 7. The van der Waals surface area contributed by atoms with Crippen LogP contribution in [0.5, 0.6) is 0 Å². The van der Waals surface area contributed by atoms with Gasteiger partial charge in [-0.2, -0.15) is 0 Å². The number of likely N-dealkylation sites (tertiary alicyclic amines) is 2. The molecule has 8 N–H and O–H groups in total. The fourth-order valence-electron chi connectivity index (χ4n) is 6.69. The molecule has 0 bridgehead atoms. The van der Waals surface area contributed by atoms with Gasteiger partial charge in [-0.1, -0.05) is 58.0 Å². The quantitative estimate of drug-likeness (QED) is 0.103. The SMILES string of the molecule is CC(C)C[C@H](NC(=O)[C@H](Cc1ccccc1)NC(=O)[C@H](CC(C)C)NC(=O)[C@@H]1CCCN1C(=O)CNC(=O)[C@@H]1CCCN1C(=O)[C@@H](N)[C@@H](C)O)C(=O)O. The zero-order valence-corrected chi connectivity index (χ0v) is 31.4. The number of nitrogens with two attached hydrogens (primary N) is 1. The standard InChI is InChI=1S/C37H57N7O9/c1-21(2)17-25(32(47)40-26(19-24-11-7-6-8-12-24)33(48)42-27(37(52)53)18-22(3)4)41-35(50)29-14-9-15-43(29)30(46)20-39-34(49)28-13-10-16-44(28)36(51)31(38)23(5)45/h6-8,11-12,21-23,25-29,31,45H,9-10,13-20,38H2,1-5H3,(H,39,49)(H,40,47)(H,41,50)(H,42,48)(H,52,53)/t23-,25+,26+,27+,28+,29+,31+/m1/s1. The second-order valence-electron chi connectivity index (χ2n) is 14.9. The van der Waals surface area contributed by atoms with Crippen LogP contribution in [0.25, 0.3) is 0 Å². The average molecular weight is 744 g/mol. The highest BCUT2D eigenvalue weighted by molar-refractivity contribution is 5.96. The molecule has 0 radical (unpaired) electrons. The molecular weight excluding hydrogens is 686 g/mol. The van der Waals surface area contributed by atoms with Crippen molar-refractivity contribution in [3.8, 4) is 0 Å². The smallest absolute Gasteiger partial charge is 0.326 e. The van der Waals surface area contributed by atoms with Gasteiger partial charge < -0.3 is 47.0 Å². The first-order chi connectivity index (χ1) is 25.0. The average Bonchev–Trinajstić information content (AvgIpc) is 3.80. The van der Waals surface area contributed by atoms with Crippen molar-refractivity contribution in [1.29, 1.82) is 0 Å². The van der Waals surface area contributed by atoms with Crippen LogP contribution in [0.3, 0.4) is 0 Å². The minimum absolute atomic E-state index is 0.0170. The lowest BCUT2D eigenvalue weighted by Gasteiger charge is -2.29. The van der Waals surface area contributed by atoms with Crippen LogP contribution in [0.4, 0.5) is 0 Å². The second kappa shape index (κ2) is 20.0. The number of carboxylic acids is 1. The summed E-state index contributed by atoms with van der Waals surface area (Å²) in [6.07, 6.45) is 1.16. The van der Waals surface area contributed by atoms with Crippen LogP contribution in [-0.4, -0.2) is 123 Å². The number of carbonyl (C=O) groups excluding carboxylic acids is 6. The van der Waals surface area contributed by atoms with Crippen molar-refractivity contribution < 1.29 is 43.8 Å². The van der Waals surface area contributed by atoms with Crippen molar-refractivity contribution >= 4 is 41.4 Å². The highest BCUT2D eigenvalue weighted by Crippen LogP contribution is 2.21. The maximum absolute atomic E-state index is 13.8. The first-order valence-electron chi connectivity index (χ1n) is 18.5. The molecule has 0 aromatic heterocycles. The summed E-state index contributed by atoms with van der Waals surface area (Å²) in [6.45, 7) is 8.95. The molecule has 3 rings (SSSR count). The summed E-state index contributed by atoms with van der Waals surface area (Å²) < 4.78 is 0. The molecule has 16 nitrogen and oxygen atoms in total. The van der Waals surface area contributed by atoms with Gasteiger partial charge in [0.25, 0.3) is 0 Å². The van der Waals surface area contributed by atoms with E-state index in [1.165, 1.54) is 16.7 Å². The van der Waals surface area contributed by atoms with Gasteiger partial charge in [0.15, 0.2) is 0 Å². The molecule has 6 amide bonds. The van der Waals surface area contributed by atoms with Gasteiger partial charge in [0.2, 0.25) is 35.4 Å². The lowest BCUT2D eigenvalue weighted by Crippen LogP contribution is -2.58. The van der Waals surface area contributed by atoms with Crippen LogP contribution in [0.1, 0.15) is 78.7 Å². The lowest BCUT2D eigenvalue weighted by atomic mass is 9.99. The normalized spacial score (nSPS) is 19.9. The van der Waals surface area contributed by atoms with Crippen LogP contribution in [-0.2, 0) is 40.0 Å². The molecule has 1 aromatic rings. The van der Waals surface area contributed by atoms with E-state index < -0.39 is 90.3 Å². The van der Waals surface area contributed by atoms with E-state index in [4.69, 9.17) is 5.73 Å². The van der Waals surface area contributed by atoms with E-state index >= 15 is 0 Å². The third-order valence-corrected chi connectivity index (χ3v) is 9.51. The van der Waals surface area contributed by atoms with Crippen molar-refractivity contribution in [2.75, 3.05) is 19.6 Å². The first kappa shape index (κ1) is 42.8. The van der Waals surface area contributed by atoms with Crippen LogP contribution in [0.15, 0.2) is 30.3 Å². The number of carbonyl (C=O) groups is 7. The first-order valence-corrected chi connectivity index (χ1v) is 18.5. The van der Waals surface area contributed by atoms with E-state index in [0.717, 1.165) is 5.56 Å². The monoisotopic (exact) mass is 743 g/mol. The maximum Gasteiger partial charge on any atom is 0.326 e. The number of nitrogens with one attached hydrogen (secondary N) is 4. The van der Waals surface area contributed by atoms with Crippen molar-refractivity contribution in [3.05, 3.63) is 35.9 Å². The second-order valence-corrected chi connectivity index (χ2v) is 14.9. The van der Waals surface area contributed by atoms with E-state index in [9.17, 15) is 43.8 Å². The van der Waals surface area contributed by atoms with Crippen LogP contribution >= 0.6 is 0 Å². The Labute approximate surface area is 311 Å². The summed E-state index contributed by atoms with van der Waals surface area (Å²) in [5.41, 5.74) is 6.54. The number of aliphatic carboxylic acids is 1. The van der Waals surface area contributed by atoms with Crippen molar-refractivity contribution in [3.63, 3.8) is 0 Å². The largest absolute Gasteiger partial charge is 0.480 e. The van der Waals surface area contributed by atoms with Crippen LogP contribution in [0.2, 0.25) is 0 Å². The predicted octanol–water partition coefficient (Wildman–Crippen LogP) is -0.333. The van der Waals surface area contributed by atoms with Gasteiger partial charge in [0, 0.05) is 19.5 Å². The fourth-order valence-corrected chi connectivity index (χ4v) is 6.69. The highest BCUT2D eigenvalue weighted by atomic mass is 16.4. The van der Waals surface area contributed by atoms with Gasteiger partial charge in [-0.15, -0.1) is 0 Å². The summed E-state index contributed by atoms with van der Waals surface area (Å²) in [5.74, 6) is -4.72. The summed E-state index contributed by atoms with van der Waals surface area (Å²) in [4.78, 5) is 94.6. The molecule has 2 fully saturated rings. The van der Waals surface area contributed by atoms with E-state index in [1.807, 2.05) is 33.8 Å². The molecule has 2 aliphatic rings. The Morgan fingerprint density at radius 2 is 1.28 bits per heavy atom. The maximum atomic E-state index is 13.8. The third kappa shape index (κ3) is 12.5. The molecule has 0 unspecified atom stereocenters. The van der Waals surface area contributed by atoms with E-state index in [0.29, 0.717) is 32.2 Å². The number of benzene rings is 1. The molecule has 1 aromatic carbocycles. The number of aliphatic hydroxyl groups excluding tert-OH is 1. The highest BCUT2D eigenvalue weighted by Gasteiger charge is 2.39. The lowest BCUT2D eigenvalue weighted by molar-refractivity contribution is -0.143. The van der Waals surface area contributed by atoms with Crippen molar-refractivity contribution in [2.45, 2.75) is 122 Å². The summed E-state index contributed by atoms with van der Waals surface area (Å²) in [7, 11) is 0. The van der Waals surface area contributed by atoms with E-state index in [2.05, 4.69) is 21.3 Å². The van der Waals surface area contributed by atoms with E-state index in [1.54, 1.807) is 24.3 Å². The number of rotatable bonds is 18. The van der Waals surface area contributed by atoms with Gasteiger partial charge >= 0.3 is 5.97 Å². The molecular formula is C37H57N7O9. The summed E-state index contributed by atoms with van der Waals surface area (Å²) >= 11 is 0. The fraction of sp³-hybridized carbons (Fsp3) is 0.649. The number of nitrogens with zero attached hydrogens (tertiary/aromatic N) is 2. The molecule has 7 atom stereocenters. The third-order valence-electron chi connectivity index (χ3n) is 9.51. The Hall–Kier alpha value is -4.57. The topological polar surface area (TPSA) is 241 Å². The molecule has 0 spiro atoms. The zero-order chi connectivity index (χ0) is 39.4. The zero-order valence-electron chi connectivity index (χ0n) is 31.4. The molecule has 294 valence electrons. The predicted molar refractivity (Wildman–Crippen MR) is 195 cm³/mol.